The number of ether oxygens (including phenoxy) is 3. The summed E-state index contributed by atoms with van der Waals surface area (Å²) in [4.78, 5) is 24.1. The summed E-state index contributed by atoms with van der Waals surface area (Å²) in [5, 5.41) is 12.9. The first kappa shape index (κ1) is 30.3. The van der Waals surface area contributed by atoms with Crippen LogP contribution in [0.3, 0.4) is 0 Å². The molecular formula is C29H40FN7O4Si. The van der Waals surface area contributed by atoms with E-state index in [0.29, 0.717) is 43.5 Å². The van der Waals surface area contributed by atoms with E-state index < -0.39 is 14.0 Å². The van der Waals surface area contributed by atoms with Crippen LogP contribution < -0.4 is 4.90 Å². The molecule has 0 bridgehead atoms. The fourth-order valence-electron chi connectivity index (χ4n) is 5.10. The molecule has 11 nitrogen and oxygen atoms in total. The minimum atomic E-state index is -1.28. The molecule has 0 aromatic carbocycles. The smallest absolute Gasteiger partial charge is 0.233 e. The monoisotopic (exact) mass is 597 g/mol. The van der Waals surface area contributed by atoms with Crippen molar-refractivity contribution in [3.05, 3.63) is 47.8 Å². The predicted molar refractivity (Wildman–Crippen MR) is 157 cm³/mol. The summed E-state index contributed by atoms with van der Waals surface area (Å²) in [7, 11) is -1.28. The van der Waals surface area contributed by atoms with Crippen LogP contribution in [-0.2, 0) is 38.8 Å². The van der Waals surface area contributed by atoms with Gasteiger partial charge in [-0.25, -0.2) is 9.67 Å². The molecule has 0 N–H and O–H groups in total. The lowest BCUT2D eigenvalue weighted by molar-refractivity contribution is -0.168. The van der Waals surface area contributed by atoms with Gasteiger partial charge in [0.15, 0.2) is 12.1 Å². The lowest BCUT2D eigenvalue weighted by Crippen LogP contribution is -2.43. The zero-order valence-electron chi connectivity index (χ0n) is 24.7. The van der Waals surface area contributed by atoms with Crippen LogP contribution in [0.4, 0.5) is 10.3 Å². The van der Waals surface area contributed by atoms with Crippen molar-refractivity contribution in [1.82, 2.24) is 29.9 Å². The standard InChI is InChI=1S/C29H40FN7O4Si/c1-42(2,3)14-13-39-20-37-29(36-11-6-7-22(28(36)38)15-21-9-10-25(30)31-16-21)34-27(35-37)24-18-33-32-17-23(24)19-41-26-8-4-5-12-40-26/h9-10,16-18,22,26H,4-8,11-15,19-20H2,1-3H3. The van der Waals surface area contributed by atoms with Gasteiger partial charge < -0.3 is 14.2 Å². The van der Waals surface area contributed by atoms with Gasteiger partial charge in [-0.2, -0.15) is 19.6 Å². The van der Waals surface area contributed by atoms with Crippen molar-refractivity contribution in [2.75, 3.05) is 24.7 Å². The average molecular weight is 598 g/mol. The van der Waals surface area contributed by atoms with Crippen molar-refractivity contribution in [2.45, 2.75) is 83.8 Å². The highest BCUT2D eigenvalue weighted by atomic mass is 28.3. The minimum Gasteiger partial charge on any atom is -0.359 e. The number of aromatic nitrogens is 6. The average Bonchev–Trinajstić information content (AvgIpc) is 3.40. The first-order valence-corrected chi connectivity index (χ1v) is 18.4. The Morgan fingerprint density at radius 2 is 1.95 bits per heavy atom. The van der Waals surface area contributed by atoms with E-state index in [1.807, 2.05) is 0 Å². The summed E-state index contributed by atoms with van der Waals surface area (Å²) in [6.45, 7) is 9.18. The fraction of sp³-hybridized carbons (Fsp3) is 0.586. The number of anilines is 1. The van der Waals surface area contributed by atoms with Gasteiger partial charge in [0.25, 0.3) is 0 Å². The number of nitrogens with zero attached hydrogens (tertiary/aromatic N) is 7. The van der Waals surface area contributed by atoms with Crippen LogP contribution in [0.5, 0.6) is 0 Å². The van der Waals surface area contributed by atoms with Gasteiger partial charge in [0, 0.05) is 51.1 Å². The number of halogens is 1. The molecule has 13 heteroatoms. The Morgan fingerprint density at radius 1 is 1.10 bits per heavy atom. The summed E-state index contributed by atoms with van der Waals surface area (Å²) in [6.07, 6.45) is 9.51. The van der Waals surface area contributed by atoms with Crippen molar-refractivity contribution in [2.24, 2.45) is 5.92 Å². The number of pyridine rings is 1. The molecule has 0 saturated carbocycles. The number of rotatable bonds is 12. The highest BCUT2D eigenvalue weighted by Crippen LogP contribution is 2.29. The molecule has 226 valence electrons. The van der Waals surface area contributed by atoms with Gasteiger partial charge in [0.2, 0.25) is 17.8 Å². The summed E-state index contributed by atoms with van der Waals surface area (Å²) in [6, 6.07) is 4.02. The fourth-order valence-corrected chi connectivity index (χ4v) is 5.86. The van der Waals surface area contributed by atoms with E-state index in [9.17, 15) is 9.18 Å². The minimum absolute atomic E-state index is 0.0428. The van der Waals surface area contributed by atoms with E-state index in [1.165, 1.54) is 12.3 Å². The van der Waals surface area contributed by atoms with Crippen LogP contribution in [0.15, 0.2) is 30.7 Å². The summed E-state index contributed by atoms with van der Waals surface area (Å²) in [5.41, 5.74) is 2.29. The Hall–Kier alpha value is -3.13. The maximum absolute atomic E-state index is 13.8. The number of hydrogen-bond acceptors (Lipinski definition) is 9. The van der Waals surface area contributed by atoms with Crippen molar-refractivity contribution in [1.29, 1.82) is 0 Å². The van der Waals surface area contributed by atoms with Crippen molar-refractivity contribution in [3.63, 3.8) is 0 Å². The molecule has 5 rings (SSSR count). The second kappa shape index (κ2) is 13.9. The largest absolute Gasteiger partial charge is 0.359 e. The SMILES string of the molecule is C[Si](C)(C)CCOCn1nc(-c2cnncc2COC2CCCCO2)nc1N1CCCC(Cc2ccc(F)nc2)C1=O. The molecule has 0 aliphatic carbocycles. The van der Waals surface area contributed by atoms with Crippen molar-refractivity contribution in [3.8, 4) is 11.4 Å². The molecule has 3 aromatic heterocycles. The summed E-state index contributed by atoms with van der Waals surface area (Å²) < 4.78 is 32.8. The lowest BCUT2D eigenvalue weighted by atomic mass is 9.91. The summed E-state index contributed by atoms with van der Waals surface area (Å²) >= 11 is 0. The van der Waals surface area contributed by atoms with Gasteiger partial charge in [0.1, 0.15) is 6.73 Å². The second-order valence-corrected chi connectivity index (χ2v) is 17.8. The van der Waals surface area contributed by atoms with Gasteiger partial charge in [-0.1, -0.05) is 25.7 Å². The molecule has 2 aliphatic heterocycles. The van der Waals surface area contributed by atoms with Crippen molar-refractivity contribution < 1.29 is 23.4 Å². The van der Waals surface area contributed by atoms with Gasteiger partial charge >= 0.3 is 0 Å². The van der Waals surface area contributed by atoms with Crippen LogP contribution in [0.1, 0.15) is 43.2 Å². The van der Waals surface area contributed by atoms with Gasteiger partial charge in [-0.3, -0.25) is 9.69 Å². The van der Waals surface area contributed by atoms with Crippen LogP contribution in [-0.4, -0.2) is 70.0 Å². The first-order valence-electron chi connectivity index (χ1n) is 14.7. The van der Waals surface area contributed by atoms with E-state index >= 15 is 0 Å². The second-order valence-electron chi connectivity index (χ2n) is 12.1. The van der Waals surface area contributed by atoms with Crippen LogP contribution in [0.25, 0.3) is 11.4 Å². The molecule has 2 saturated heterocycles. The lowest BCUT2D eigenvalue weighted by Gasteiger charge is -2.31. The van der Waals surface area contributed by atoms with E-state index in [0.717, 1.165) is 49.3 Å². The van der Waals surface area contributed by atoms with Crippen molar-refractivity contribution >= 4 is 19.9 Å². The van der Waals surface area contributed by atoms with Gasteiger partial charge in [-0.15, -0.1) is 5.10 Å². The Bertz CT molecular complexity index is 1330. The Balaban J connectivity index is 1.38. The first-order chi connectivity index (χ1) is 20.3. The highest BCUT2D eigenvalue weighted by molar-refractivity contribution is 6.76. The number of amides is 1. The molecule has 2 fully saturated rings. The maximum Gasteiger partial charge on any atom is 0.233 e. The Labute approximate surface area is 246 Å². The van der Waals surface area contributed by atoms with Gasteiger partial charge in [0.05, 0.1) is 19.0 Å². The quantitative estimate of drug-likeness (QED) is 0.168. The Morgan fingerprint density at radius 3 is 2.71 bits per heavy atom. The molecular weight excluding hydrogens is 557 g/mol. The number of carbonyl (C=O) groups is 1. The molecule has 3 aromatic rings. The molecule has 5 heterocycles. The molecule has 2 atom stereocenters. The van der Waals surface area contributed by atoms with Crippen LogP contribution in [0, 0.1) is 11.9 Å². The molecule has 42 heavy (non-hydrogen) atoms. The third-order valence-electron chi connectivity index (χ3n) is 7.54. The molecule has 1 amide bonds. The summed E-state index contributed by atoms with van der Waals surface area (Å²) in [5.74, 6) is 0.0127. The topological polar surface area (TPSA) is 117 Å². The maximum atomic E-state index is 13.8. The van der Waals surface area contributed by atoms with E-state index in [4.69, 9.17) is 24.3 Å². The van der Waals surface area contributed by atoms with E-state index in [1.54, 1.807) is 28.0 Å². The molecule has 2 aliphatic rings. The zero-order chi connectivity index (χ0) is 29.5. The third kappa shape index (κ3) is 8.03. The number of piperidine rings is 1. The molecule has 0 radical (unpaired) electrons. The normalized spacial score (nSPS) is 19.8. The highest BCUT2D eigenvalue weighted by Gasteiger charge is 2.33. The molecule has 0 spiro atoms. The number of hydrogen-bond donors (Lipinski definition) is 0. The third-order valence-corrected chi connectivity index (χ3v) is 9.24. The predicted octanol–water partition coefficient (Wildman–Crippen LogP) is 4.61. The van der Waals surface area contributed by atoms with E-state index in [-0.39, 0.29) is 31.5 Å². The van der Waals surface area contributed by atoms with Crippen LogP contribution >= 0.6 is 0 Å². The van der Waals surface area contributed by atoms with E-state index in [2.05, 4.69) is 34.8 Å². The van der Waals surface area contributed by atoms with Crippen LogP contribution in [0.2, 0.25) is 25.7 Å². The molecule has 2 unspecified atom stereocenters. The zero-order valence-corrected chi connectivity index (χ0v) is 25.7. The number of carbonyl (C=O) groups excluding carboxylic acids is 1. The Kier molecular flexibility index (Phi) is 10.0. The van der Waals surface area contributed by atoms with Gasteiger partial charge in [-0.05, 0) is 56.2 Å².